The zero-order valence-electron chi connectivity index (χ0n) is 64.4. The highest BCUT2D eigenvalue weighted by molar-refractivity contribution is 7.47. The van der Waals surface area contributed by atoms with Crippen molar-refractivity contribution >= 4 is 39.5 Å². The van der Waals surface area contributed by atoms with Crippen molar-refractivity contribution in [1.82, 2.24) is 0 Å². The summed E-state index contributed by atoms with van der Waals surface area (Å²) in [6, 6.07) is 0. The Balaban J connectivity index is 5.21. The van der Waals surface area contributed by atoms with E-state index in [9.17, 15) is 43.2 Å². The molecule has 7 atom stereocenters. The lowest BCUT2D eigenvalue weighted by molar-refractivity contribution is -0.161. The van der Waals surface area contributed by atoms with Gasteiger partial charge in [0.05, 0.1) is 26.4 Å². The molecular formula is C79H154O17P2. The van der Waals surface area contributed by atoms with E-state index in [4.69, 9.17) is 37.0 Å². The van der Waals surface area contributed by atoms with Crippen LogP contribution in [0.25, 0.3) is 0 Å². The maximum Gasteiger partial charge on any atom is 0.472 e. The van der Waals surface area contributed by atoms with Gasteiger partial charge in [-0.3, -0.25) is 37.3 Å². The molecule has 0 saturated heterocycles. The highest BCUT2D eigenvalue weighted by atomic mass is 31.2. The highest BCUT2D eigenvalue weighted by Gasteiger charge is 2.30. The number of phosphoric acid groups is 2. The molecule has 17 nitrogen and oxygen atoms in total. The fraction of sp³-hybridized carbons (Fsp3) is 0.949. The first-order valence-electron chi connectivity index (χ1n) is 40.8. The Morgan fingerprint density at radius 2 is 0.490 bits per heavy atom. The number of carbonyl (C=O) groups excluding carboxylic acids is 4. The maximum absolute atomic E-state index is 13.1. The predicted octanol–water partition coefficient (Wildman–Crippen LogP) is 23.2. The molecule has 19 heteroatoms. The molecule has 0 aliphatic carbocycles. The van der Waals surface area contributed by atoms with Gasteiger partial charge in [0.25, 0.3) is 0 Å². The number of aliphatic hydroxyl groups excluding tert-OH is 1. The topological polar surface area (TPSA) is 237 Å². The van der Waals surface area contributed by atoms with Crippen molar-refractivity contribution in [2.24, 2.45) is 23.7 Å². The van der Waals surface area contributed by atoms with Crippen molar-refractivity contribution in [1.29, 1.82) is 0 Å². The van der Waals surface area contributed by atoms with Gasteiger partial charge in [0.2, 0.25) is 0 Å². The molecule has 0 amide bonds. The Labute approximate surface area is 600 Å². The third kappa shape index (κ3) is 69.8. The van der Waals surface area contributed by atoms with E-state index in [0.29, 0.717) is 31.6 Å². The summed E-state index contributed by atoms with van der Waals surface area (Å²) in [5.74, 6) is 1.01. The monoisotopic (exact) mass is 1440 g/mol. The van der Waals surface area contributed by atoms with Crippen molar-refractivity contribution in [2.45, 2.75) is 420 Å². The van der Waals surface area contributed by atoms with Gasteiger partial charge in [-0.2, -0.15) is 0 Å². The average Bonchev–Trinajstić information content (AvgIpc) is 1.01. The quantitative estimate of drug-likeness (QED) is 0.0222. The summed E-state index contributed by atoms with van der Waals surface area (Å²) < 4.78 is 68.6. The smallest absolute Gasteiger partial charge is 0.462 e. The summed E-state index contributed by atoms with van der Waals surface area (Å²) in [5.41, 5.74) is 0. The third-order valence-electron chi connectivity index (χ3n) is 19.0. The van der Waals surface area contributed by atoms with Gasteiger partial charge in [-0.1, -0.05) is 351 Å². The first-order valence-corrected chi connectivity index (χ1v) is 43.8. The Morgan fingerprint density at radius 1 is 0.286 bits per heavy atom. The zero-order valence-corrected chi connectivity index (χ0v) is 66.2. The normalized spacial score (nSPS) is 14.6. The second-order valence-corrected chi connectivity index (χ2v) is 32.8. The number of hydrogen-bond acceptors (Lipinski definition) is 15. The number of hydrogen-bond donors (Lipinski definition) is 3. The van der Waals surface area contributed by atoms with Gasteiger partial charge >= 0.3 is 39.5 Å². The SMILES string of the molecule is CCC(C)CCCCCCCCCCCCCCCCC(=O)O[C@H](COC(=O)CCCCCCCCCC(C)C)COP(=O)(O)OCC(O)COP(=O)(O)OC[C@@H](COC(=O)CCCCCCCCCCCCCCCCCC(C)C)OC(=O)CCCCCCCCCCC(C)CC. The molecule has 5 unspecified atom stereocenters. The van der Waals surface area contributed by atoms with Gasteiger partial charge in [0, 0.05) is 25.7 Å². The van der Waals surface area contributed by atoms with E-state index in [1.807, 2.05) is 0 Å². The summed E-state index contributed by atoms with van der Waals surface area (Å²) in [6.07, 6.45) is 54.1. The first kappa shape index (κ1) is 96.1. The van der Waals surface area contributed by atoms with Gasteiger partial charge < -0.3 is 33.8 Å². The van der Waals surface area contributed by atoms with E-state index in [1.54, 1.807) is 0 Å². The first-order chi connectivity index (χ1) is 47.2. The Bertz CT molecular complexity index is 1920. The second-order valence-electron chi connectivity index (χ2n) is 29.9. The molecule has 0 aromatic carbocycles. The molecule has 0 aliphatic rings. The lowest BCUT2D eigenvalue weighted by atomic mass is 9.99. The Morgan fingerprint density at radius 3 is 0.724 bits per heavy atom. The van der Waals surface area contributed by atoms with E-state index in [2.05, 4.69) is 55.4 Å². The van der Waals surface area contributed by atoms with Crippen LogP contribution in [0.3, 0.4) is 0 Å². The van der Waals surface area contributed by atoms with E-state index in [1.165, 1.54) is 199 Å². The van der Waals surface area contributed by atoms with Crippen molar-refractivity contribution in [3.63, 3.8) is 0 Å². The molecule has 0 heterocycles. The van der Waals surface area contributed by atoms with Gasteiger partial charge in [-0.15, -0.1) is 0 Å². The molecule has 98 heavy (non-hydrogen) atoms. The number of aliphatic hydroxyl groups is 1. The summed E-state index contributed by atoms with van der Waals surface area (Å²) in [7, 11) is -9.92. The van der Waals surface area contributed by atoms with Crippen molar-refractivity contribution in [3.05, 3.63) is 0 Å². The number of unbranched alkanes of at least 4 members (excludes halogenated alkanes) is 40. The standard InChI is InChI=1S/C79H154O17P2/c1-9-71(7)57-49-41-33-25-21-17-14-15-19-23-27-36-45-53-61-78(83)95-75(66-90-77(82)60-52-44-38-30-32-40-48-56-70(5)6)68-94-98(87,88)92-64-73(80)63-91-97(85,86)93-67-74(96-79(84)62-54-46-37-29-28-34-42-50-58-72(8)10-2)65-89-76(81)59-51-43-35-26-22-18-13-11-12-16-20-24-31-39-47-55-69(3)4/h69-75,80H,9-68H2,1-8H3,(H,85,86)(H,87,88)/t71?,72?,73?,74-,75-/m1/s1. The molecule has 582 valence electrons. The van der Waals surface area contributed by atoms with E-state index >= 15 is 0 Å². The summed E-state index contributed by atoms with van der Waals surface area (Å²) >= 11 is 0. The number of carbonyl (C=O) groups is 4. The third-order valence-corrected chi connectivity index (χ3v) is 20.9. The van der Waals surface area contributed by atoms with Gasteiger partial charge in [0.15, 0.2) is 12.2 Å². The van der Waals surface area contributed by atoms with Crippen LogP contribution in [0.4, 0.5) is 0 Å². The minimum Gasteiger partial charge on any atom is -0.462 e. The molecule has 0 aromatic rings. The minimum atomic E-state index is -4.96. The van der Waals surface area contributed by atoms with Crippen molar-refractivity contribution < 1.29 is 80.2 Å². The number of phosphoric ester groups is 2. The summed E-state index contributed by atoms with van der Waals surface area (Å²) in [6.45, 7) is 14.2. The Kier molecular flexibility index (Phi) is 66.8. The number of esters is 4. The molecule has 0 saturated carbocycles. The van der Waals surface area contributed by atoms with E-state index < -0.39 is 97.5 Å². The molecule has 0 spiro atoms. The molecule has 3 N–H and O–H groups in total. The summed E-state index contributed by atoms with van der Waals surface area (Å²) in [4.78, 5) is 72.9. The molecule has 0 radical (unpaired) electrons. The van der Waals surface area contributed by atoms with Crippen LogP contribution >= 0.6 is 15.6 Å². The van der Waals surface area contributed by atoms with E-state index in [0.717, 1.165) is 114 Å². The largest absolute Gasteiger partial charge is 0.472 e. The summed E-state index contributed by atoms with van der Waals surface area (Å²) in [5, 5.41) is 10.6. The average molecular weight is 1440 g/mol. The number of rotatable bonds is 76. The van der Waals surface area contributed by atoms with Crippen LogP contribution in [0.5, 0.6) is 0 Å². The van der Waals surface area contributed by atoms with Gasteiger partial charge in [0.1, 0.15) is 19.3 Å². The zero-order chi connectivity index (χ0) is 72.4. The van der Waals surface area contributed by atoms with Crippen LogP contribution < -0.4 is 0 Å². The predicted molar refractivity (Wildman–Crippen MR) is 400 cm³/mol. The van der Waals surface area contributed by atoms with E-state index in [-0.39, 0.29) is 25.7 Å². The van der Waals surface area contributed by atoms with Crippen LogP contribution in [0, 0.1) is 23.7 Å². The second kappa shape index (κ2) is 68.2. The van der Waals surface area contributed by atoms with Crippen LogP contribution in [-0.4, -0.2) is 96.7 Å². The van der Waals surface area contributed by atoms with Gasteiger partial charge in [-0.05, 0) is 49.4 Å². The van der Waals surface area contributed by atoms with Gasteiger partial charge in [-0.25, -0.2) is 9.13 Å². The molecule has 0 rings (SSSR count). The number of ether oxygens (including phenoxy) is 4. The molecule has 0 aliphatic heterocycles. The highest BCUT2D eigenvalue weighted by Crippen LogP contribution is 2.45. The van der Waals surface area contributed by atoms with Crippen LogP contribution in [0.1, 0.15) is 402 Å². The molecule has 0 fully saturated rings. The Hall–Kier alpha value is -1.94. The van der Waals surface area contributed by atoms with Crippen LogP contribution in [0.15, 0.2) is 0 Å². The maximum atomic E-state index is 13.1. The van der Waals surface area contributed by atoms with Crippen molar-refractivity contribution in [2.75, 3.05) is 39.6 Å². The molecule has 0 bridgehead atoms. The lowest BCUT2D eigenvalue weighted by Gasteiger charge is -2.21. The minimum absolute atomic E-state index is 0.105. The van der Waals surface area contributed by atoms with Crippen LogP contribution in [0.2, 0.25) is 0 Å². The molecular weight excluding hydrogens is 1280 g/mol. The lowest BCUT2D eigenvalue weighted by Crippen LogP contribution is -2.30. The fourth-order valence-corrected chi connectivity index (χ4v) is 13.6. The van der Waals surface area contributed by atoms with Crippen molar-refractivity contribution in [3.8, 4) is 0 Å². The fourth-order valence-electron chi connectivity index (χ4n) is 12.0. The van der Waals surface area contributed by atoms with Crippen LogP contribution in [-0.2, 0) is 65.4 Å². The molecule has 0 aromatic heterocycles.